The van der Waals surface area contributed by atoms with Crippen LogP contribution in [0.25, 0.3) is 0 Å². The molecule has 0 aromatic carbocycles. The zero-order chi connectivity index (χ0) is 9.10. The minimum Gasteiger partial charge on any atom is -0.308 e. The standard InChI is InChI=1S/C9H13N3O/c1-7-9(12-13-11-7)6-10-8-4-2-3-5-8/h2-3,8,10H,4-6H2,1H3. The first kappa shape index (κ1) is 8.44. The molecule has 1 N–H and O–H groups in total. The van der Waals surface area contributed by atoms with Crippen molar-refractivity contribution in [3.63, 3.8) is 0 Å². The molecule has 0 aliphatic heterocycles. The van der Waals surface area contributed by atoms with Crippen molar-refractivity contribution in [2.75, 3.05) is 0 Å². The van der Waals surface area contributed by atoms with Gasteiger partial charge in [-0.25, -0.2) is 4.63 Å². The number of hydrogen-bond donors (Lipinski definition) is 1. The van der Waals surface area contributed by atoms with Crippen molar-refractivity contribution in [1.29, 1.82) is 0 Å². The lowest BCUT2D eigenvalue weighted by atomic mass is 10.2. The second-order valence-electron chi connectivity index (χ2n) is 3.32. The zero-order valence-corrected chi connectivity index (χ0v) is 7.66. The van der Waals surface area contributed by atoms with Crippen molar-refractivity contribution in [2.24, 2.45) is 0 Å². The van der Waals surface area contributed by atoms with Crippen LogP contribution in [0.4, 0.5) is 0 Å². The molecule has 0 radical (unpaired) electrons. The highest BCUT2D eigenvalue weighted by molar-refractivity contribution is 5.05. The summed E-state index contributed by atoms with van der Waals surface area (Å²) < 4.78 is 4.60. The monoisotopic (exact) mass is 179 g/mol. The van der Waals surface area contributed by atoms with Crippen LogP contribution in [0, 0.1) is 6.92 Å². The molecule has 13 heavy (non-hydrogen) atoms. The Balaban J connectivity index is 1.82. The topological polar surface area (TPSA) is 51.0 Å². The van der Waals surface area contributed by atoms with Gasteiger partial charge >= 0.3 is 0 Å². The third-order valence-corrected chi connectivity index (χ3v) is 2.31. The number of nitrogens with one attached hydrogen (secondary N) is 1. The zero-order valence-electron chi connectivity index (χ0n) is 7.66. The van der Waals surface area contributed by atoms with Gasteiger partial charge in [-0.2, -0.15) is 0 Å². The molecule has 0 atom stereocenters. The Morgan fingerprint density at radius 3 is 2.85 bits per heavy atom. The summed E-state index contributed by atoms with van der Waals surface area (Å²) in [6, 6.07) is 0.566. The van der Waals surface area contributed by atoms with E-state index in [1.165, 1.54) is 0 Å². The molecule has 1 aromatic rings. The van der Waals surface area contributed by atoms with Gasteiger partial charge in [0.05, 0.1) is 0 Å². The van der Waals surface area contributed by atoms with E-state index in [0.717, 1.165) is 30.8 Å². The molecule has 0 fully saturated rings. The van der Waals surface area contributed by atoms with Crippen molar-refractivity contribution in [1.82, 2.24) is 15.6 Å². The molecular weight excluding hydrogens is 166 g/mol. The maximum atomic E-state index is 4.60. The van der Waals surface area contributed by atoms with E-state index in [1.807, 2.05) is 6.92 Å². The van der Waals surface area contributed by atoms with Gasteiger partial charge in [0.1, 0.15) is 11.4 Å². The summed E-state index contributed by atoms with van der Waals surface area (Å²) in [5.41, 5.74) is 1.78. The molecule has 0 bridgehead atoms. The fourth-order valence-electron chi connectivity index (χ4n) is 1.43. The Labute approximate surface area is 77.0 Å². The fourth-order valence-corrected chi connectivity index (χ4v) is 1.43. The third-order valence-electron chi connectivity index (χ3n) is 2.31. The highest BCUT2D eigenvalue weighted by atomic mass is 16.6. The van der Waals surface area contributed by atoms with Crippen LogP contribution >= 0.6 is 0 Å². The first-order chi connectivity index (χ1) is 6.36. The molecule has 0 amide bonds. The van der Waals surface area contributed by atoms with E-state index >= 15 is 0 Å². The van der Waals surface area contributed by atoms with Crippen LogP contribution in [-0.2, 0) is 6.54 Å². The molecule has 70 valence electrons. The quantitative estimate of drug-likeness (QED) is 0.708. The molecule has 4 heteroatoms. The van der Waals surface area contributed by atoms with Crippen LogP contribution in [0.5, 0.6) is 0 Å². The van der Waals surface area contributed by atoms with E-state index in [2.05, 4.69) is 32.4 Å². The van der Waals surface area contributed by atoms with Crippen molar-refractivity contribution >= 4 is 0 Å². The van der Waals surface area contributed by atoms with Gasteiger partial charge in [-0.05, 0) is 19.8 Å². The van der Waals surface area contributed by atoms with E-state index in [1.54, 1.807) is 0 Å². The molecule has 2 rings (SSSR count). The van der Waals surface area contributed by atoms with E-state index in [9.17, 15) is 0 Å². The maximum Gasteiger partial charge on any atom is 0.121 e. The SMILES string of the molecule is Cc1nonc1CNC1CC=CC1. The average molecular weight is 179 g/mol. The lowest BCUT2D eigenvalue weighted by Crippen LogP contribution is -2.26. The highest BCUT2D eigenvalue weighted by Gasteiger charge is 2.11. The molecule has 0 saturated heterocycles. The van der Waals surface area contributed by atoms with Gasteiger partial charge in [-0.15, -0.1) is 0 Å². The largest absolute Gasteiger partial charge is 0.308 e. The first-order valence-corrected chi connectivity index (χ1v) is 4.52. The fraction of sp³-hybridized carbons (Fsp3) is 0.556. The van der Waals surface area contributed by atoms with E-state index in [-0.39, 0.29) is 0 Å². The Bertz CT molecular complexity index is 298. The van der Waals surface area contributed by atoms with Crippen molar-refractivity contribution in [3.05, 3.63) is 23.5 Å². The van der Waals surface area contributed by atoms with Crippen LogP contribution in [-0.4, -0.2) is 16.4 Å². The van der Waals surface area contributed by atoms with E-state index in [0.29, 0.717) is 6.04 Å². The minimum atomic E-state index is 0.566. The van der Waals surface area contributed by atoms with Crippen molar-refractivity contribution < 1.29 is 4.63 Å². The third kappa shape index (κ3) is 1.95. The summed E-state index contributed by atoms with van der Waals surface area (Å²) in [5.74, 6) is 0. The summed E-state index contributed by atoms with van der Waals surface area (Å²) >= 11 is 0. The molecule has 1 aromatic heterocycles. The van der Waals surface area contributed by atoms with Crippen molar-refractivity contribution in [2.45, 2.75) is 32.4 Å². The first-order valence-electron chi connectivity index (χ1n) is 4.52. The van der Waals surface area contributed by atoms with E-state index < -0.39 is 0 Å². The van der Waals surface area contributed by atoms with Crippen LogP contribution in [0.15, 0.2) is 16.8 Å². The number of rotatable bonds is 3. The van der Waals surface area contributed by atoms with Crippen LogP contribution in [0.3, 0.4) is 0 Å². The Hall–Kier alpha value is -1.16. The molecule has 1 aliphatic rings. The van der Waals surface area contributed by atoms with Gasteiger partial charge in [-0.3, -0.25) is 0 Å². The summed E-state index contributed by atoms with van der Waals surface area (Å²) in [4.78, 5) is 0. The van der Waals surface area contributed by atoms with Gasteiger partial charge in [0.15, 0.2) is 0 Å². The number of nitrogens with zero attached hydrogens (tertiary/aromatic N) is 2. The summed E-state index contributed by atoms with van der Waals surface area (Å²) in [6.45, 7) is 2.65. The summed E-state index contributed by atoms with van der Waals surface area (Å²) in [5, 5.41) is 10.9. The Kier molecular flexibility index (Phi) is 2.40. The number of aryl methyl sites for hydroxylation is 1. The van der Waals surface area contributed by atoms with Gasteiger partial charge in [0.25, 0.3) is 0 Å². The smallest absolute Gasteiger partial charge is 0.121 e. The van der Waals surface area contributed by atoms with Gasteiger partial charge in [0, 0.05) is 12.6 Å². The van der Waals surface area contributed by atoms with Crippen molar-refractivity contribution in [3.8, 4) is 0 Å². The molecule has 0 saturated carbocycles. The molecule has 4 nitrogen and oxygen atoms in total. The Morgan fingerprint density at radius 2 is 2.23 bits per heavy atom. The minimum absolute atomic E-state index is 0.566. The van der Waals surface area contributed by atoms with Gasteiger partial charge in [0.2, 0.25) is 0 Å². The van der Waals surface area contributed by atoms with Crippen LogP contribution in [0.1, 0.15) is 24.2 Å². The normalized spacial score (nSPS) is 17.0. The van der Waals surface area contributed by atoms with Gasteiger partial charge < -0.3 is 5.32 Å². The highest BCUT2D eigenvalue weighted by Crippen LogP contribution is 2.10. The number of hydrogen-bond acceptors (Lipinski definition) is 4. The maximum absolute atomic E-state index is 4.60. The Morgan fingerprint density at radius 1 is 1.46 bits per heavy atom. The summed E-state index contributed by atoms with van der Waals surface area (Å²) in [6.07, 6.45) is 6.63. The van der Waals surface area contributed by atoms with Gasteiger partial charge in [-0.1, -0.05) is 22.5 Å². The predicted molar refractivity (Wildman–Crippen MR) is 48.0 cm³/mol. The predicted octanol–water partition coefficient (Wildman–Crippen LogP) is 1.19. The second-order valence-corrected chi connectivity index (χ2v) is 3.32. The molecular formula is C9H13N3O. The van der Waals surface area contributed by atoms with Crippen LogP contribution in [0.2, 0.25) is 0 Å². The summed E-state index contributed by atoms with van der Waals surface area (Å²) in [7, 11) is 0. The van der Waals surface area contributed by atoms with Crippen LogP contribution < -0.4 is 5.32 Å². The molecule has 1 heterocycles. The second kappa shape index (κ2) is 3.70. The molecule has 1 aliphatic carbocycles. The molecule has 0 unspecified atom stereocenters. The lowest BCUT2D eigenvalue weighted by molar-refractivity contribution is 0.299. The van der Waals surface area contributed by atoms with E-state index in [4.69, 9.17) is 0 Å². The average Bonchev–Trinajstić information content (AvgIpc) is 2.72. The number of aromatic nitrogens is 2. The molecule has 0 spiro atoms. The lowest BCUT2D eigenvalue weighted by Gasteiger charge is -2.09.